The molecule has 1 aromatic heterocycles. The number of halogens is 2. The number of hydrogen-bond acceptors (Lipinski definition) is 4. The van der Waals surface area contributed by atoms with Crippen molar-refractivity contribution in [2.24, 2.45) is 0 Å². The van der Waals surface area contributed by atoms with Gasteiger partial charge in [0, 0.05) is 0 Å². The van der Waals surface area contributed by atoms with E-state index in [4.69, 9.17) is 12.2 Å². The molecule has 0 spiro atoms. The van der Waals surface area contributed by atoms with Crippen LogP contribution in [-0.2, 0) is 0 Å². The third kappa shape index (κ3) is 5.11. The molecule has 7 nitrogen and oxygen atoms in total. The highest BCUT2D eigenvalue weighted by molar-refractivity contribution is 7.80. The summed E-state index contributed by atoms with van der Waals surface area (Å²) < 4.78 is 28.8. The first-order chi connectivity index (χ1) is 15.9. The fraction of sp³-hybridized carbons (Fsp3) is 0.261. The first kappa shape index (κ1) is 22.7. The van der Waals surface area contributed by atoms with E-state index in [2.05, 4.69) is 26.6 Å². The lowest BCUT2D eigenvalue weighted by Gasteiger charge is -2.32. The SMILES string of the molecule is C[C@@H](NC(=S)NNC(=O)c1cnn2c1N[C@@H](c1ccccc1)C[C@@H]2C(F)F)c1ccccc1. The Balaban J connectivity index is 1.44. The monoisotopic (exact) mass is 470 g/mol. The van der Waals surface area contributed by atoms with Gasteiger partial charge in [0.2, 0.25) is 0 Å². The minimum absolute atomic E-state index is 0.0768. The van der Waals surface area contributed by atoms with Crippen LogP contribution >= 0.6 is 12.2 Å². The second-order valence-corrected chi connectivity index (χ2v) is 8.19. The van der Waals surface area contributed by atoms with Crippen molar-refractivity contribution in [3.8, 4) is 0 Å². The number of nitrogens with one attached hydrogen (secondary N) is 4. The van der Waals surface area contributed by atoms with Crippen molar-refractivity contribution in [3.05, 3.63) is 83.6 Å². The Morgan fingerprint density at radius 3 is 2.45 bits per heavy atom. The van der Waals surface area contributed by atoms with E-state index in [9.17, 15) is 13.6 Å². The Labute approximate surface area is 195 Å². The number of hydrazine groups is 1. The molecule has 1 aliphatic rings. The Hall–Kier alpha value is -3.53. The number of anilines is 1. The molecule has 3 aromatic rings. The van der Waals surface area contributed by atoms with E-state index in [1.165, 1.54) is 10.9 Å². The molecule has 4 rings (SSSR count). The Bertz CT molecular complexity index is 1110. The summed E-state index contributed by atoms with van der Waals surface area (Å²) in [6, 6.07) is 17.4. The molecule has 0 aliphatic carbocycles. The van der Waals surface area contributed by atoms with Gasteiger partial charge in [-0.15, -0.1) is 0 Å². The number of carbonyl (C=O) groups excluding carboxylic acids is 1. The minimum atomic E-state index is -2.62. The van der Waals surface area contributed by atoms with E-state index in [1.54, 1.807) is 0 Å². The second-order valence-electron chi connectivity index (χ2n) is 7.78. The van der Waals surface area contributed by atoms with Crippen molar-refractivity contribution < 1.29 is 13.6 Å². The maximum absolute atomic E-state index is 13.8. The number of benzene rings is 2. The highest BCUT2D eigenvalue weighted by Crippen LogP contribution is 2.39. The van der Waals surface area contributed by atoms with Gasteiger partial charge in [-0.1, -0.05) is 60.7 Å². The average Bonchev–Trinajstić information content (AvgIpc) is 3.27. The first-order valence-corrected chi connectivity index (χ1v) is 10.9. The molecule has 0 fully saturated rings. The summed E-state index contributed by atoms with van der Waals surface area (Å²) in [5, 5.41) is 10.6. The van der Waals surface area contributed by atoms with Crippen LogP contribution in [0.5, 0.6) is 0 Å². The van der Waals surface area contributed by atoms with Crippen LogP contribution in [-0.4, -0.2) is 27.2 Å². The van der Waals surface area contributed by atoms with Gasteiger partial charge in [0.1, 0.15) is 17.4 Å². The third-order valence-electron chi connectivity index (χ3n) is 5.57. The first-order valence-electron chi connectivity index (χ1n) is 10.5. The van der Waals surface area contributed by atoms with Crippen molar-refractivity contribution in [1.82, 2.24) is 25.9 Å². The Kier molecular flexibility index (Phi) is 6.83. The van der Waals surface area contributed by atoms with Crippen LogP contribution in [0.4, 0.5) is 14.6 Å². The molecule has 0 radical (unpaired) electrons. The largest absolute Gasteiger partial charge is 0.363 e. The number of amides is 1. The van der Waals surface area contributed by atoms with Crippen LogP contribution in [0.2, 0.25) is 0 Å². The summed E-state index contributed by atoms with van der Waals surface area (Å²) >= 11 is 5.26. The predicted octanol–water partition coefficient (Wildman–Crippen LogP) is 4.12. The van der Waals surface area contributed by atoms with Crippen LogP contribution in [0.15, 0.2) is 66.9 Å². The van der Waals surface area contributed by atoms with Gasteiger partial charge in [0.15, 0.2) is 5.11 Å². The Morgan fingerprint density at radius 1 is 1.12 bits per heavy atom. The Morgan fingerprint density at radius 2 is 1.79 bits per heavy atom. The molecule has 0 saturated carbocycles. The number of aromatic nitrogens is 2. The number of nitrogens with zero attached hydrogens (tertiary/aromatic N) is 2. The minimum Gasteiger partial charge on any atom is -0.363 e. The zero-order chi connectivity index (χ0) is 23.4. The number of thiocarbonyl (C=S) groups is 1. The normalized spacial score (nSPS) is 18.1. The molecule has 1 aliphatic heterocycles. The third-order valence-corrected chi connectivity index (χ3v) is 5.79. The van der Waals surface area contributed by atoms with Crippen molar-refractivity contribution in [2.45, 2.75) is 37.9 Å². The molecule has 0 unspecified atom stereocenters. The van der Waals surface area contributed by atoms with E-state index in [-0.39, 0.29) is 35.0 Å². The highest BCUT2D eigenvalue weighted by Gasteiger charge is 2.36. The lowest BCUT2D eigenvalue weighted by atomic mass is 9.97. The zero-order valence-corrected chi connectivity index (χ0v) is 18.7. The number of hydrogen-bond donors (Lipinski definition) is 4. The summed E-state index contributed by atoms with van der Waals surface area (Å²) in [6.07, 6.45) is -1.19. The van der Waals surface area contributed by atoms with Gasteiger partial charge in [-0.05, 0) is 36.7 Å². The maximum Gasteiger partial charge on any atom is 0.275 e. The molecule has 2 heterocycles. The molecule has 3 atom stereocenters. The predicted molar refractivity (Wildman–Crippen MR) is 126 cm³/mol. The molecule has 4 N–H and O–H groups in total. The van der Waals surface area contributed by atoms with Gasteiger partial charge in [0.25, 0.3) is 12.3 Å². The maximum atomic E-state index is 13.8. The van der Waals surface area contributed by atoms with E-state index in [1.807, 2.05) is 67.6 Å². The lowest BCUT2D eigenvalue weighted by molar-refractivity contribution is 0.0656. The van der Waals surface area contributed by atoms with Crippen LogP contribution in [0.25, 0.3) is 0 Å². The highest BCUT2D eigenvalue weighted by atomic mass is 32.1. The fourth-order valence-electron chi connectivity index (χ4n) is 3.84. The summed E-state index contributed by atoms with van der Waals surface area (Å²) in [6.45, 7) is 1.94. The van der Waals surface area contributed by atoms with E-state index in [0.717, 1.165) is 11.1 Å². The quantitative estimate of drug-likeness (QED) is 0.332. The standard InChI is InChI=1S/C23H24F2N6OS/c1-14(15-8-4-2-5-9-15)27-23(33)30-29-22(32)17-13-26-31-19(20(24)25)12-18(28-21(17)31)16-10-6-3-7-11-16/h2-11,13-14,18-20,28H,12H2,1H3,(H,29,32)(H2,27,30,33)/t14-,18-,19-/m1/s1. The van der Waals surface area contributed by atoms with Gasteiger partial charge in [0.05, 0.1) is 18.3 Å². The molecule has 172 valence electrons. The number of fused-ring (bicyclic) bond motifs is 1. The molecule has 33 heavy (non-hydrogen) atoms. The van der Waals surface area contributed by atoms with Crippen molar-refractivity contribution in [1.29, 1.82) is 0 Å². The molecular weight excluding hydrogens is 446 g/mol. The van der Waals surface area contributed by atoms with Crippen LogP contribution in [0, 0.1) is 0 Å². The summed E-state index contributed by atoms with van der Waals surface area (Å²) in [5.74, 6) is -0.293. The van der Waals surface area contributed by atoms with Crippen molar-refractivity contribution >= 4 is 29.1 Å². The molecular formula is C23H24F2N6OS. The molecule has 2 aromatic carbocycles. The van der Waals surface area contributed by atoms with Gasteiger partial charge >= 0.3 is 0 Å². The number of alkyl halides is 2. The molecule has 0 bridgehead atoms. The van der Waals surface area contributed by atoms with Gasteiger partial charge in [-0.2, -0.15) is 5.10 Å². The lowest BCUT2D eigenvalue weighted by Crippen LogP contribution is -2.47. The average molecular weight is 471 g/mol. The summed E-state index contributed by atoms with van der Waals surface area (Å²) in [7, 11) is 0. The van der Waals surface area contributed by atoms with Crippen LogP contribution in [0.3, 0.4) is 0 Å². The van der Waals surface area contributed by atoms with E-state index < -0.39 is 18.4 Å². The number of carbonyl (C=O) groups is 1. The second kappa shape index (κ2) is 9.95. The van der Waals surface area contributed by atoms with Crippen molar-refractivity contribution in [3.63, 3.8) is 0 Å². The molecule has 1 amide bonds. The van der Waals surface area contributed by atoms with E-state index in [0.29, 0.717) is 0 Å². The zero-order valence-electron chi connectivity index (χ0n) is 17.8. The number of rotatable bonds is 5. The topological polar surface area (TPSA) is 83.0 Å². The fourth-order valence-corrected chi connectivity index (χ4v) is 4.07. The summed E-state index contributed by atoms with van der Waals surface area (Å²) in [5.41, 5.74) is 7.22. The van der Waals surface area contributed by atoms with Crippen LogP contribution < -0.4 is 21.5 Å². The van der Waals surface area contributed by atoms with E-state index >= 15 is 0 Å². The van der Waals surface area contributed by atoms with Gasteiger partial charge in [-0.3, -0.25) is 15.6 Å². The summed E-state index contributed by atoms with van der Waals surface area (Å²) in [4.78, 5) is 12.8. The molecule has 0 saturated heterocycles. The van der Waals surface area contributed by atoms with Gasteiger partial charge < -0.3 is 10.6 Å². The smallest absolute Gasteiger partial charge is 0.275 e. The molecule has 10 heteroatoms. The van der Waals surface area contributed by atoms with Crippen LogP contribution in [0.1, 0.15) is 53.0 Å². The van der Waals surface area contributed by atoms with Crippen molar-refractivity contribution in [2.75, 3.05) is 5.32 Å². The van der Waals surface area contributed by atoms with Gasteiger partial charge in [-0.25, -0.2) is 13.5 Å².